The van der Waals surface area contributed by atoms with Crippen LogP contribution in [0.5, 0.6) is 0 Å². The second kappa shape index (κ2) is 13.0. The third-order valence-electron chi connectivity index (χ3n) is 9.28. The van der Waals surface area contributed by atoms with Crippen LogP contribution in [0.25, 0.3) is 0 Å². The lowest BCUT2D eigenvalue weighted by Crippen LogP contribution is -2.59. The average Bonchev–Trinajstić information content (AvgIpc) is 3.20. The Hall–Kier alpha value is -0.850. The van der Waals surface area contributed by atoms with E-state index in [1.807, 2.05) is 46.8 Å². The van der Waals surface area contributed by atoms with Gasteiger partial charge in [-0.2, -0.15) is 0 Å². The van der Waals surface area contributed by atoms with Crippen LogP contribution in [-0.4, -0.2) is 140 Å². The van der Waals surface area contributed by atoms with E-state index in [2.05, 4.69) is 23.8 Å². The Morgan fingerprint density at radius 1 is 1.05 bits per heavy atom. The van der Waals surface area contributed by atoms with Crippen LogP contribution in [0.1, 0.15) is 53.9 Å². The maximum Gasteiger partial charge on any atom is 0.311 e. The first-order valence-corrected chi connectivity index (χ1v) is 14.6. The van der Waals surface area contributed by atoms with E-state index in [-0.39, 0.29) is 18.1 Å². The molecule has 3 aliphatic heterocycles. The largest absolute Gasteiger partial charge is 0.456 e. The summed E-state index contributed by atoms with van der Waals surface area (Å²) >= 11 is 0. The smallest absolute Gasteiger partial charge is 0.311 e. The van der Waals surface area contributed by atoms with Crippen LogP contribution in [0.2, 0.25) is 0 Å². The number of likely N-dealkylation sites (N-methyl/N-ethyl adjacent to an activating group) is 3. The van der Waals surface area contributed by atoms with Gasteiger partial charge in [0.2, 0.25) is 0 Å². The molecule has 0 aromatic rings. The van der Waals surface area contributed by atoms with Gasteiger partial charge in [-0.1, -0.05) is 13.8 Å². The number of rotatable bonds is 4. The van der Waals surface area contributed by atoms with Crippen molar-refractivity contribution in [1.82, 2.24) is 14.7 Å². The van der Waals surface area contributed by atoms with E-state index >= 15 is 0 Å². The van der Waals surface area contributed by atoms with Gasteiger partial charge in [0.25, 0.3) is 0 Å². The molecule has 3 saturated heterocycles. The SMILES string of the molecule is CO[C@]1(C)C[C@@H](C)CN(C)CC2(CCN(C)C2)OC(=O)C(C)C(O)[C@H](C)[C@H]1O[C@@H]1O[C@H](C)C[C@H](N(C)C)[C@H]1O. The zero-order valence-corrected chi connectivity index (χ0v) is 25.9. The van der Waals surface area contributed by atoms with Crippen LogP contribution in [0.3, 0.4) is 0 Å². The van der Waals surface area contributed by atoms with Gasteiger partial charge in [0, 0.05) is 51.7 Å². The molecule has 10 heteroatoms. The van der Waals surface area contributed by atoms with Gasteiger partial charge in [-0.15, -0.1) is 0 Å². The first-order valence-electron chi connectivity index (χ1n) is 14.6. The number of nitrogens with zero attached hydrogens (tertiary/aromatic N) is 3. The number of carbonyl (C=O) groups excluding carboxylic acids is 1. The van der Waals surface area contributed by atoms with Crippen molar-refractivity contribution in [3.8, 4) is 0 Å². The van der Waals surface area contributed by atoms with Gasteiger partial charge >= 0.3 is 5.97 Å². The Morgan fingerprint density at radius 2 is 1.69 bits per heavy atom. The number of methoxy groups -OCH3 is 1. The van der Waals surface area contributed by atoms with Crippen LogP contribution in [0.4, 0.5) is 0 Å². The predicted molar refractivity (Wildman–Crippen MR) is 149 cm³/mol. The lowest BCUT2D eigenvalue weighted by atomic mass is 9.77. The van der Waals surface area contributed by atoms with E-state index in [1.165, 1.54) is 0 Å². The number of carbonyl (C=O) groups is 1. The van der Waals surface area contributed by atoms with Crippen LogP contribution in [0.15, 0.2) is 0 Å². The second-order valence-corrected chi connectivity index (χ2v) is 13.4. The fourth-order valence-corrected chi connectivity index (χ4v) is 7.15. The Bertz CT molecular complexity index is 818. The van der Waals surface area contributed by atoms with E-state index in [9.17, 15) is 15.0 Å². The summed E-state index contributed by atoms with van der Waals surface area (Å²) in [6.07, 6.45) is -1.51. The van der Waals surface area contributed by atoms with E-state index in [0.29, 0.717) is 25.9 Å². The van der Waals surface area contributed by atoms with Gasteiger partial charge in [0.05, 0.1) is 29.8 Å². The van der Waals surface area contributed by atoms with Crippen molar-refractivity contribution in [2.45, 2.75) is 102 Å². The summed E-state index contributed by atoms with van der Waals surface area (Å²) in [6.45, 7) is 12.7. The summed E-state index contributed by atoms with van der Waals surface area (Å²) in [5, 5.41) is 22.8. The Labute approximate surface area is 235 Å². The number of aliphatic hydroxyl groups excluding tert-OH is 2. The number of esters is 1. The van der Waals surface area contributed by atoms with Crippen molar-refractivity contribution < 1.29 is 34.0 Å². The van der Waals surface area contributed by atoms with Gasteiger partial charge in [-0.05, 0) is 67.7 Å². The van der Waals surface area contributed by atoms with Crippen molar-refractivity contribution in [1.29, 1.82) is 0 Å². The molecule has 3 heterocycles. The van der Waals surface area contributed by atoms with Gasteiger partial charge in [0.1, 0.15) is 11.7 Å². The summed E-state index contributed by atoms with van der Waals surface area (Å²) in [5.41, 5.74) is -1.43. The molecule has 0 saturated carbocycles. The first kappa shape index (κ1) is 32.7. The first-order chi connectivity index (χ1) is 18.1. The number of hydrogen-bond donors (Lipinski definition) is 2. The molecule has 0 aliphatic carbocycles. The van der Waals surface area contributed by atoms with Crippen LogP contribution >= 0.6 is 0 Å². The number of hydrogen-bond acceptors (Lipinski definition) is 10. The van der Waals surface area contributed by atoms with E-state index < -0.39 is 53.6 Å². The van der Waals surface area contributed by atoms with Crippen LogP contribution in [0, 0.1) is 17.8 Å². The normalized spacial score (nSPS) is 46.1. The minimum Gasteiger partial charge on any atom is -0.456 e. The summed E-state index contributed by atoms with van der Waals surface area (Å²) in [6, 6.07) is -0.134. The highest BCUT2D eigenvalue weighted by atomic mass is 16.7. The molecule has 10 nitrogen and oxygen atoms in total. The van der Waals surface area contributed by atoms with Gasteiger partial charge < -0.3 is 43.9 Å². The topological polar surface area (TPSA) is 104 Å². The fourth-order valence-electron chi connectivity index (χ4n) is 7.15. The number of ether oxygens (including phenoxy) is 4. The van der Waals surface area contributed by atoms with E-state index in [4.69, 9.17) is 18.9 Å². The van der Waals surface area contributed by atoms with Crippen LogP contribution in [-0.2, 0) is 23.7 Å². The highest BCUT2D eigenvalue weighted by molar-refractivity contribution is 5.73. The quantitative estimate of drug-likeness (QED) is 0.494. The molecule has 0 radical (unpaired) electrons. The van der Waals surface area contributed by atoms with Gasteiger partial charge in [-0.3, -0.25) is 4.79 Å². The number of aliphatic hydroxyl groups is 2. The maximum absolute atomic E-state index is 13.5. The molecule has 228 valence electrons. The van der Waals surface area contributed by atoms with Crippen molar-refractivity contribution in [2.75, 3.05) is 61.5 Å². The van der Waals surface area contributed by atoms with Crippen molar-refractivity contribution in [3.05, 3.63) is 0 Å². The monoisotopic (exact) mass is 557 g/mol. The molecule has 3 aliphatic rings. The molecule has 2 N–H and O–H groups in total. The zero-order chi connectivity index (χ0) is 29.3. The molecule has 3 unspecified atom stereocenters. The zero-order valence-electron chi connectivity index (χ0n) is 25.9. The molecule has 39 heavy (non-hydrogen) atoms. The molecule has 3 rings (SSSR count). The third kappa shape index (κ3) is 7.52. The summed E-state index contributed by atoms with van der Waals surface area (Å²) in [7, 11) is 9.65. The molecular weight excluding hydrogens is 502 g/mol. The second-order valence-electron chi connectivity index (χ2n) is 13.4. The standard InChI is InChI=1S/C29H55N3O7/c1-18-14-28(5,36-10)25(38-27-24(34)22(30(6)7)13-19(2)37-27)20(3)23(33)21(4)26(35)39-29(17-32(9)15-18)11-12-31(8)16-29/h18-25,27,33-34H,11-17H2,1-10H3/t18-,19-,20+,21?,22+,23?,24-,25-,27+,28-,29?/m1/s1. The lowest BCUT2D eigenvalue weighted by Gasteiger charge is -2.47. The highest BCUT2D eigenvalue weighted by Gasteiger charge is 2.50. The molecule has 0 aromatic carbocycles. The summed E-state index contributed by atoms with van der Waals surface area (Å²) < 4.78 is 25.2. The Morgan fingerprint density at radius 3 is 2.26 bits per heavy atom. The Kier molecular flexibility index (Phi) is 10.9. The van der Waals surface area contributed by atoms with E-state index in [1.54, 1.807) is 14.0 Å². The number of likely N-dealkylation sites (tertiary alicyclic amines) is 1. The highest BCUT2D eigenvalue weighted by Crippen LogP contribution is 2.38. The summed E-state index contributed by atoms with van der Waals surface area (Å²) in [4.78, 5) is 19.9. The van der Waals surface area contributed by atoms with Crippen LogP contribution < -0.4 is 0 Å². The minimum atomic E-state index is -1.05. The van der Waals surface area contributed by atoms with E-state index in [0.717, 1.165) is 19.5 Å². The molecule has 0 aromatic heterocycles. The molecule has 0 amide bonds. The van der Waals surface area contributed by atoms with Crippen molar-refractivity contribution in [3.63, 3.8) is 0 Å². The predicted octanol–water partition coefficient (Wildman–Crippen LogP) is 1.42. The molecule has 1 spiro atoms. The fraction of sp³-hybridized carbons (Fsp3) is 0.966. The molecule has 0 bridgehead atoms. The summed E-state index contributed by atoms with van der Waals surface area (Å²) in [5.74, 6) is -1.48. The maximum atomic E-state index is 13.5. The molecule has 3 fully saturated rings. The average molecular weight is 558 g/mol. The Balaban J connectivity index is 1.97. The molecular formula is C29H55N3O7. The molecule has 11 atom stereocenters. The van der Waals surface area contributed by atoms with Gasteiger partial charge in [0.15, 0.2) is 6.29 Å². The third-order valence-corrected chi connectivity index (χ3v) is 9.28. The van der Waals surface area contributed by atoms with Gasteiger partial charge in [-0.25, -0.2) is 0 Å². The minimum absolute atomic E-state index is 0.114. The van der Waals surface area contributed by atoms with Crippen molar-refractivity contribution >= 4 is 5.97 Å². The lowest BCUT2D eigenvalue weighted by molar-refractivity contribution is -0.301. The van der Waals surface area contributed by atoms with Crippen molar-refractivity contribution in [2.24, 2.45) is 17.8 Å².